The number of hydrogen-bond donors (Lipinski definition) is 3. The van der Waals surface area contributed by atoms with Crippen LogP contribution in [0.4, 0.5) is 5.82 Å². The van der Waals surface area contributed by atoms with Crippen LogP contribution in [0, 0.1) is 0 Å². The number of nitrogens with two attached hydrogens (primary N) is 1. The van der Waals surface area contributed by atoms with Crippen molar-refractivity contribution in [2.45, 2.75) is 59.0 Å². The van der Waals surface area contributed by atoms with Crippen molar-refractivity contribution in [2.24, 2.45) is 0 Å². The fourth-order valence-corrected chi connectivity index (χ4v) is 3.98. The predicted octanol–water partition coefficient (Wildman–Crippen LogP) is 2.70. The lowest BCUT2D eigenvalue weighted by Gasteiger charge is -2.23. The van der Waals surface area contributed by atoms with Crippen LogP contribution in [0.15, 0.2) is 29.1 Å². The third kappa shape index (κ3) is 8.29. The van der Waals surface area contributed by atoms with Gasteiger partial charge in [0, 0.05) is 26.1 Å². The Labute approximate surface area is 217 Å². The number of unbranched alkanes of at least 4 members (excludes halogenated alkanes) is 1. The lowest BCUT2D eigenvalue weighted by Crippen LogP contribution is -2.29. The number of aromatic nitrogens is 4. The van der Waals surface area contributed by atoms with E-state index in [1.165, 1.54) is 0 Å². The summed E-state index contributed by atoms with van der Waals surface area (Å²) in [6.45, 7) is 8.07. The van der Waals surface area contributed by atoms with Gasteiger partial charge >= 0.3 is 17.7 Å². The van der Waals surface area contributed by atoms with Crippen LogP contribution in [-0.2, 0) is 17.9 Å². The van der Waals surface area contributed by atoms with E-state index in [1.807, 2.05) is 25.2 Å². The fourth-order valence-electron chi connectivity index (χ4n) is 3.98. The molecule has 0 aliphatic rings. The average Bonchev–Trinajstić information content (AvgIpc) is 3.20. The molecule has 3 aromatic rings. The molecule has 2 heterocycles. The number of rotatable bonds is 16. The minimum Gasteiger partial charge on any atom is -0.463 e. The second kappa shape index (κ2) is 14.3. The fraction of sp³-hybridized carbons (Fsp3) is 0.538. The highest BCUT2D eigenvalue weighted by molar-refractivity contribution is 5.81. The van der Waals surface area contributed by atoms with E-state index in [2.05, 4.69) is 32.1 Å². The van der Waals surface area contributed by atoms with E-state index >= 15 is 0 Å². The van der Waals surface area contributed by atoms with Gasteiger partial charge in [0.05, 0.1) is 6.61 Å². The standard InChI is InChI=1S/C26H39N7O4/c1-4-6-16-36-25-30-23(27)22-24(31-25)33(26(35)29-22)15-9-14-32(13-8-12-28-3)18-19-10-7-11-20(17-19)37-21(34)5-2/h7,10-11,17,28H,4-6,8-9,12-16,18H2,1-3H3,(H,29,35)(H2,27,30,31). The van der Waals surface area contributed by atoms with Crippen molar-refractivity contribution in [1.29, 1.82) is 0 Å². The van der Waals surface area contributed by atoms with Gasteiger partial charge in [0.2, 0.25) is 0 Å². The Morgan fingerprint density at radius 1 is 1.19 bits per heavy atom. The molecule has 0 radical (unpaired) electrons. The van der Waals surface area contributed by atoms with Gasteiger partial charge in [0.15, 0.2) is 11.5 Å². The Bertz CT molecular complexity index is 1210. The van der Waals surface area contributed by atoms with Crippen molar-refractivity contribution in [3.05, 3.63) is 40.3 Å². The van der Waals surface area contributed by atoms with E-state index in [4.69, 9.17) is 15.2 Å². The molecule has 0 fully saturated rings. The number of anilines is 1. The molecular weight excluding hydrogens is 474 g/mol. The van der Waals surface area contributed by atoms with E-state index in [1.54, 1.807) is 17.6 Å². The van der Waals surface area contributed by atoms with Crippen LogP contribution in [0.2, 0.25) is 0 Å². The van der Waals surface area contributed by atoms with Crippen molar-refractivity contribution < 1.29 is 14.3 Å². The summed E-state index contributed by atoms with van der Waals surface area (Å²) < 4.78 is 12.6. The Kier molecular flexibility index (Phi) is 10.9. The number of carbonyl (C=O) groups is 1. The quantitative estimate of drug-likeness (QED) is 0.150. The highest BCUT2D eigenvalue weighted by Crippen LogP contribution is 2.19. The van der Waals surface area contributed by atoms with Gasteiger partial charge in [0.25, 0.3) is 0 Å². The predicted molar refractivity (Wildman–Crippen MR) is 144 cm³/mol. The molecular formula is C26H39N7O4. The summed E-state index contributed by atoms with van der Waals surface area (Å²) in [5.41, 5.74) is 7.74. The number of hydrogen-bond acceptors (Lipinski definition) is 9. The van der Waals surface area contributed by atoms with Crippen molar-refractivity contribution in [2.75, 3.05) is 39.0 Å². The van der Waals surface area contributed by atoms with Crippen LogP contribution in [0.1, 0.15) is 51.5 Å². The molecule has 0 atom stereocenters. The van der Waals surface area contributed by atoms with Crippen molar-refractivity contribution in [3.63, 3.8) is 0 Å². The first-order valence-corrected chi connectivity index (χ1v) is 13.0. The molecule has 11 nitrogen and oxygen atoms in total. The minimum absolute atomic E-state index is 0.184. The number of aromatic amines is 1. The van der Waals surface area contributed by atoms with Gasteiger partial charge in [0.1, 0.15) is 11.3 Å². The first-order chi connectivity index (χ1) is 17.9. The molecule has 3 rings (SSSR count). The van der Waals surface area contributed by atoms with E-state index in [0.717, 1.165) is 50.9 Å². The molecule has 0 aliphatic heterocycles. The number of fused-ring (bicyclic) bond motifs is 1. The maximum atomic E-state index is 12.7. The number of ether oxygens (including phenoxy) is 2. The van der Waals surface area contributed by atoms with Crippen LogP contribution in [0.25, 0.3) is 11.2 Å². The molecule has 0 amide bonds. The zero-order valence-corrected chi connectivity index (χ0v) is 22.1. The van der Waals surface area contributed by atoms with E-state index in [-0.39, 0.29) is 23.5 Å². The number of esters is 1. The zero-order chi connectivity index (χ0) is 26.6. The summed E-state index contributed by atoms with van der Waals surface area (Å²) >= 11 is 0. The molecule has 0 unspecified atom stereocenters. The zero-order valence-electron chi connectivity index (χ0n) is 22.1. The SMILES string of the molecule is CCCCOc1nc(N)c2[nH]c(=O)n(CCCN(CCCNC)Cc3cccc(OC(=O)CC)c3)c2n1. The number of benzene rings is 1. The molecule has 11 heteroatoms. The Hall–Kier alpha value is -3.44. The molecule has 2 aromatic heterocycles. The molecule has 0 bridgehead atoms. The summed E-state index contributed by atoms with van der Waals surface area (Å²) in [5.74, 6) is 0.499. The third-order valence-electron chi connectivity index (χ3n) is 5.94. The van der Waals surface area contributed by atoms with Crippen LogP contribution in [-0.4, -0.2) is 63.7 Å². The van der Waals surface area contributed by atoms with Crippen LogP contribution in [0.5, 0.6) is 11.8 Å². The molecule has 0 saturated carbocycles. The lowest BCUT2D eigenvalue weighted by atomic mass is 10.2. The lowest BCUT2D eigenvalue weighted by molar-refractivity contribution is -0.134. The molecule has 0 saturated heterocycles. The third-order valence-corrected chi connectivity index (χ3v) is 5.94. The Morgan fingerprint density at radius 2 is 2.00 bits per heavy atom. The van der Waals surface area contributed by atoms with Crippen LogP contribution in [0.3, 0.4) is 0 Å². The number of H-pyrrole nitrogens is 1. The van der Waals surface area contributed by atoms with Gasteiger partial charge in [-0.05, 0) is 57.1 Å². The normalized spacial score (nSPS) is 11.4. The average molecular weight is 514 g/mol. The van der Waals surface area contributed by atoms with Gasteiger partial charge < -0.3 is 25.5 Å². The Balaban J connectivity index is 1.69. The molecule has 1 aromatic carbocycles. The highest BCUT2D eigenvalue weighted by Gasteiger charge is 2.15. The minimum atomic E-state index is -0.270. The van der Waals surface area contributed by atoms with Gasteiger partial charge in [-0.25, -0.2) is 4.79 Å². The van der Waals surface area contributed by atoms with E-state index < -0.39 is 0 Å². The summed E-state index contributed by atoms with van der Waals surface area (Å²) in [6, 6.07) is 7.80. The first kappa shape index (κ1) is 28.1. The molecule has 0 aliphatic carbocycles. The number of nitrogen functional groups attached to an aromatic ring is 1. The van der Waals surface area contributed by atoms with E-state index in [0.29, 0.717) is 43.0 Å². The van der Waals surface area contributed by atoms with Crippen molar-refractivity contribution in [3.8, 4) is 11.8 Å². The van der Waals surface area contributed by atoms with Gasteiger partial charge in [-0.1, -0.05) is 32.4 Å². The topological polar surface area (TPSA) is 140 Å². The van der Waals surface area contributed by atoms with Crippen LogP contribution >= 0.6 is 0 Å². The Morgan fingerprint density at radius 3 is 2.76 bits per heavy atom. The van der Waals surface area contributed by atoms with Crippen molar-refractivity contribution >= 4 is 23.0 Å². The first-order valence-electron chi connectivity index (χ1n) is 13.0. The van der Waals surface area contributed by atoms with Crippen molar-refractivity contribution in [1.82, 2.24) is 29.7 Å². The van der Waals surface area contributed by atoms with E-state index in [9.17, 15) is 9.59 Å². The molecule has 202 valence electrons. The largest absolute Gasteiger partial charge is 0.463 e. The molecule has 37 heavy (non-hydrogen) atoms. The van der Waals surface area contributed by atoms with Gasteiger partial charge in [-0.2, -0.15) is 9.97 Å². The number of imidazole rings is 1. The summed E-state index contributed by atoms with van der Waals surface area (Å²) in [7, 11) is 1.94. The highest BCUT2D eigenvalue weighted by atomic mass is 16.5. The van der Waals surface area contributed by atoms with Gasteiger partial charge in [-0.15, -0.1) is 0 Å². The summed E-state index contributed by atoms with van der Waals surface area (Å²) in [5, 5.41) is 3.19. The number of aryl methyl sites for hydroxylation is 1. The second-order valence-corrected chi connectivity index (χ2v) is 8.94. The number of nitrogens with one attached hydrogen (secondary N) is 2. The monoisotopic (exact) mass is 513 g/mol. The molecule has 4 N–H and O–H groups in total. The molecule has 0 spiro atoms. The summed E-state index contributed by atoms with van der Waals surface area (Å²) in [6.07, 6.45) is 3.92. The van der Waals surface area contributed by atoms with Gasteiger partial charge in [-0.3, -0.25) is 14.3 Å². The summed E-state index contributed by atoms with van der Waals surface area (Å²) in [4.78, 5) is 38.1. The number of nitrogens with zero attached hydrogens (tertiary/aromatic N) is 4. The second-order valence-electron chi connectivity index (χ2n) is 8.94. The maximum Gasteiger partial charge on any atom is 0.327 e. The van der Waals surface area contributed by atoms with Crippen LogP contribution < -0.4 is 26.2 Å². The number of carbonyl (C=O) groups excluding carboxylic acids is 1. The smallest absolute Gasteiger partial charge is 0.327 e. The maximum absolute atomic E-state index is 12.7.